The lowest BCUT2D eigenvalue weighted by atomic mass is 9.86. The van der Waals surface area contributed by atoms with Crippen LogP contribution < -0.4 is 10.9 Å². The van der Waals surface area contributed by atoms with Crippen molar-refractivity contribution >= 4 is 33.2 Å². The summed E-state index contributed by atoms with van der Waals surface area (Å²) >= 11 is 1.46. The Morgan fingerprint density at radius 1 is 1.30 bits per heavy atom. The van der Waals surface area contributed by atoms with Gasteiger partial charge in [0, 0.05) is 25.4 Å². The number of carbonyl (C=O) groups is 1. The van der Waals surface area contributed by atoms with Crippen LogP contribution in [0.15, 0.2) is 16.2 Å². The Morgan fingerprint density at radius 3 is 2.87 bits per heavy atom. The van der Waals surface area contributed by atoms with Gasteiger partial charge in [-0.15, -0.1) is 21.5 Å². The number of thiophene rings is 1. The first kappa shape index (κ1) is 21.0. The molecule has 0 radical (unpaired) electrons. The van der Waals surface area contributed by atoms with Gasteiger partial charge in [-0.1, -0.05) is 33.6 Å². The molecule has 7 nitrogen and oxygen atoms in total. The van der Waals surface area contributed by atoms with Crippen molar-refractivity contribution in [2.24, 2.45) is 11.8 Å². The molecule has 30 heavy (non-hydrogen) atoms. The zero-order valence-corrected chi connectivity index (χ0v) is 18.9. The number of amides is 1. The van der Waals surface area contributed by atoms with Gasteiger partial charge in [0.1, 0.15) is 10.5 Å². The molecule has 0 aromatic carbocycles. The van der Waals surface area contributed by atoms with E-state index in [-0.39, 0.29) is 11.5 Å². The van der Waals surface area contributed by atoms with Crippen molar-refractivity contribution in [3.05, 3.63) is 27.6 Å². The quantitative estimate of drug-likeness (QED) is 0.620. The van der Waals surface area contributed by atoms with Gasteiger partial charge in [-0.05, 0) is 42.5 Å². The molecule has 0 bridgehead atoms. The minimum atomic E-state index is 0.00105. The van der Waals surface area contributed by atoms with E-state index < -0.39 is 0 Å². The van der Waals surface area contributed by atoms with Gasteiger partial charge >= 0.3 is 0 Å². The lowest BCUT2D eigenvalue weighted by molar-refractivity contribution is -0.122. The van der Waals surface area contributed by atoms with Crippen LogP contribution in [0.3, 0.4) is 0 Å². The molecule has 1 saturated carbocycles. The molecule has 4 rings (SSSR count). The van der Waals surface area contributed by atoms with E-state index in [0.29, 0.717) is 49.5 Å². The van der Waals surface area contributed by atoms with Crippen LogP contribution >= 0.6 is 11.3 Å². The van der Waals surface area contributed by atoms with Gasteiger partial charge in [-0.25, -0.2) is 0 Å². The molecular formula is C22H31N5O2S. The molecule has 1 aliphatic rings. The predicted molar refractivity (Wildman–Crippen MR) is 120 cm³/mol. The average molecular weight is 430 g/mol. The second-order valence-electron chi connectivity index (χ2n) is 8.99. The van der Waals surface area contributed by atoms with E-state index >= 15 is 0 Å². The molecule has 0 aliphatic heterocycles. The Kier molecular flexibility index (Phi) is 6.22. The number of carbonyl (C=O) groups excluding carboxylic acids is 1. The van der Waals surface area contributed by atoms with Crippen LogP contribution in [0.5, 0.6) is 0 Å². The molecule has 162 valence electrons. The van der Waals surface area contributed by atoms with Gasteiger partial charge in [0.15, 0.2) is 0 Å². The van der Waals surface area contributed by atoms with Gasteiger partial charge in [-0.2, -0.15) is 0 Å². The first-order chi connectivity index (χ1) is 14.5. The Balaban J connectivity index is 1.50. The molecule has 1 fully saturated rings. The van der Waals surface area contributed by atoms with E-state index in [0.717, 1.165) is 22.5 Å². The SMILES string of the molecule is CC(C)Cn1c(=O)c2sccc2n2c(CCCC(=O)N[C@H]3CCCC[C@H]3C)nnc12. The summed E-state index contributed by atoms with van der Waals surface area (Å²) in [7, 11) is 0. The second kappa shape index (κ2) is 8.88. The highest BCUT2D eigenvalue weighted by Gasteiger charge is 2.23. The molecule has 3 aromatic rings. The number of hydrogen-bond acceptors (Lipinski definition) is 5. The first-order valence-electron chi connectivity index (χ1n) is 11.1. The summed E-state index contributed by atoms with van der Waals surface area (Å²) in [6, 6.07) is 2.27. The molecular weight excluding hydrogens is 398 g/mol. The third-order valence-corrected chi connectivity index (χ3v) is 6.98. The maximum absolute atomic E-state index is 12.9. The smallest absolute Gasteiger partial charge is 0.272 e. The molecule has 3 heterocycles. The van der Waals surface area contributed by atoms with E-state index in [1.165, 1.54) is 30.6 Å². The van der Waals surface area contributed by atoms with Crippen molar-refractivity contribution in [1.29, 1.82) is 0 Å². The monoisotopic (exact) mass is 429 g/mol. The summed E-state index contributed by atoms with van der Waals surface area (Å²) < 4.78 is 4.46. The Hall–Kier alpha value is -2.22. The zero-order chi connectivity index (χ0) is 21.3. The van der Waals surface area contributed by atoms with Crippen LogP contribution in [0, 0.1) is 11.8 Å². The van der Waals surface area contributed by atoms with E-state index in [1.54, 1.807) is 4.57 Å². The summed E-state index contributed by atoms with van der Waals surface area (Å²) in [5.74, 6) is 2.42. The highest BCUT2D eigenvalue weighted by atomic mass is 32.1. The molecule has 3 aromatic heterocycles. The largest absolute Gasteiger partial charge is 0.353 e. The fourth-order valence-electron chi connectivity index (χ4n) is 4.49. The second-order valence-corrected chi connectivity index (χ2v) is 9.90. The standard InChI is InChI=1S/C22H31N5O2S/c1-14(2)13-26-21(29)20-17(11-12-30-20)27-18(24-25-22(26)27)9-6-10-19(28)23-16-8-5-4-7-15(16)3/h11-12,14-16H,4-10,13H2,1-3H3,(H,23,28)/t15-,16+/m1/s1. The highest BCUT2D eigenvalue weighted by Crippen LogP contribution is 2.24. The van der Waals surface area contributed by atoms with Crippen molar-refractivity contribution in [1.82, 2.24) is 24.5 Å². The van der Waals surface area contributed by atoms with Crippen LogP contribution in [0.25, 0.3) is 16.0 Å². The normalized spacial score (nSPS) is 19.7. The number of fused-ring (bicyclic) bond motifs is 3. The van der Waals surface area contributed by atoms with Crippen LogP contribution in [-0.4, -0.2) is 31.1 Å². The number of nitrogens with zero attached hydrogens (tertiary/aromatic N) is 4. The Labute approximate surface area is 180 Å². The van der Waals surface area contributed by atoms with Gasteiger partial charge in [0.25, 0.3) is 5.56 Å². The molecule has 0 spiro atoms. The third kappa shape index (κ3) is 4.15. The molecule has 0 unspecified atom stereocenters. The Morgan fingerprint density at radius 2 is 2.10 bits per heavy atom. The van der Waals surface area contributed by atoms with Crippen LogP contribution in [0.4, 0.5) is 0 Å². The fourth-order valence-corrected chi connectivity index (χ4v) is 5.31. The van der Waals surface area contributed by atoms with E-state index in [4.69, 9.17) is 0 Å². The van der Waals surface area contributed by atoms with Crippen molar-refractivity contribution in [3.8, 4) is 0 Å². The van der Waals surface area contributed by atoms with E-state index in [2.05, 4.69) is 36.3 Å². The number of aromatic nitrogens is 4. The van der Waals surface area contributed by atoms with Gasteiger partial charge in [-0.3, -0.25) is 18.6 Å². The topological polar surface area (TPSA) is 81.3 Å². The van der Waals surface area contributed by atoms with Crippen molar-refractivity contribution < 1.29 is 4.79 Å². The molecule has 0 saturated heterocycles. The first-order valence-corrected chi connectivity index (χ1v) is 12.0. The molecule has 1 N–H and O–H groups in total. The zero-order valence-electron chi connectivity index (χ0n) is 18.1. The minimum Gasteiger partial charge on any atom is -0.353 e. The summed E-state index contributed by atoms with van der Waals surface area (Å²) in [6.45, 7) is 7.01. The van der Waals surface area contributed by atoms with Crippen molar-refractivity contribution in [2.75, 3.05) is 0 Å². The van der Waals surface area contributed by atoms with Crippen LogP contribution in [0.1, 0.15) is 65.1 Å². The van der Waals surface area contributed by atoms with Crippen molar-refractivity contribution in [3.63, 3.8) is 0 Å². The summed E-state index contributed by atoms with van der Waals surface area (Å²) in [4.78, 5) is 25.3. The van der Waals surface area contributed by atoms with Crippen LogP contribution in [-0.2, 0) is 17.8 Å². The van der Waals surface area contributed by atoms with E-state index in [9.17, 15) is 9.59 Å². The maximum atomic E-state index is 12.9. The minimum absolute atomic E-state index is 0.00105. The predicted octanol–water partition coefficient (Wildman–Crippen LogP) is 3.78. The lowest BCUT2D eigenvalue weighted by Crippen LogP contribution is -2.40. The van der Waals surface area contributed by atoms with Gasteiger partial charge in [0.2, 0.25) is 11.7 Å². The van der Waals surface area contributed by atoms with Crippen LogP contribution in [0.2, 0.25) is 0 Å². The summed E-state index contributed by atoms with van der Waals surface area (Å²) in [6.07, 6.45) is 6.61. The number of rotatable bonds is 7. The number of nitrogens with one attached hydrogen (secondary N) is 1. The summed E-state index contributed by atoms with van der Waals surface area (Å²) in [5, 5.41) is 13.9. The molecule has 1 amide bonds. The molecule has 8 heteroatoms. The van der Waals surface area contributed by atoms with Gasteiger partial charge in [0.05, 0.1) is 5.52 Å². The average Bonchev–Trinajstić information content (AvgIpc) is 3.34. The third-order valence-electron chi connectivity index (χ3n) is 6.09. The fraction of sp³-hybridized carbons (Fsp3) is 0.636. The van der Waals surface area contributed by atoms with Gasteiger partial charge < -0.3 is 5.32 Å². The summed E-state index contributed by atoms with van der Waals surface area (Å²) in [5.41, 5.74) is 0.863. The van der Waals surface area contributed by atoms with Crippen molar-refractivity contribution in [2.45, 2.75) is 78.3 Å². The van der Waals surface area contributed by atoms with E-state index in [1.807, 2.05) is 15.8 Å². The maximum Gasteiger partial charge on any atom is 0.272 e. The Bertz CT molecular complexity index is 1100. The number of aryl methyl sites for hydroxylation is 1. The number of hydrogen-bond donors (Lipinski definition) is 1. The highest BCUT2D eigenvalue weighted by molar-refractivity contribution is 7.17. The molecule has 2 atom stereocenters. The lowest BCUT2D eigenvalue weighted by Gasteiger charge is -2.29. The molecule has 1 aliphatic carbocycles.